The summed E-state index contributed by atoms with van der Waals surface area (Å²) in [5.41, 5.74) is 7.51. The number of nitrogens with two attached hydrogens (primary N) is 1. The number of halogens is 1. The topological polar surface area (TPSA) is 87.5 Å². The second-order valence-corrected chi connectivity index (χ2v) is 5.07. The predicted octanol–water partition coefficient (Wildman–Crippen LogP) is 1.10. The summed E-state index contributed by atoms with van der Waals surface area (Å²) in [4.78, 5) is 25.2. The molecular formula is C14H21ClN4O2. The van der Waals surface area contributed by atoms with E-state index in [9.17, 15) is 9.59 Å². The van der Waals surface area contributed by atoms with Crippen molar-refractivity contribution in [2.75, 3.05) is 25.0 Å². The number of benzene rings is 1. The van der Waals surface area contributed by atoms with Crippen LogP contribution in [0.15, 0.2) is 24.3 Å². The number of anilines is 1. The van der Waals surface area contributed by atoms with Gasteiger partial charge < -0.3 is 21.3 Å². The molecule has 21 heavy (non-hydrogen) atoms. The van der Waals surface area contributed by atoms with Crippen molar-refractivity contribution in [3.05, 3.63) is 29.8 Å². The molecule has 1 aromatic rings. The van der Waals surface area contributed by atoms with Crippen LogP contribution in [0, 0.1) is 6.92 Å². The fourth-order valence-electron chi connectivity index (χ4n) is 2.18. The molecule has 4 N–H and O–H groups in total. The van der Waals surface area contributed by atoms with Crippen molar-refractivity contribution in [3.63, 3.8) is 0 Å². The van der Waals surface area contributed by atoms with Gasteiger partial charge in [0.1, 0.15) is 0 Å². The third kappa shape index (κ3) is 5.24. The summed E-state index contributed by atoms with van der Waals surface area (Å²) in [6, 6.07) is 7.15. The van der Waals surface area contributed by atoms with Crippen molar-refractivity contribution >= 4 is 30.0 Å². The molecule has 0 saturated carbocycles. The Kier molecular flexibility index (Phi) is 6.45. The maximum atomic E-state index is 11.8. The Morgan fingerprint density at radius 3 is 2.81 bits per heavy atom. The van der Waals surface area contributed by atoms with Crippen molar-refractivity contribution in [3.8, 4) is 0 Å². The molecule has 7 heteroatoms. The van der Waals surface area contributed by atoms with E-state index in [2.05, 4.69) is 10.6 Å². The van der Waals surface area contributed by atoms with Crippen LogP contribution in [0.2, 0.25) is 0 Å². The van der Waals surface area contributed by atoms with Gasteiger partial charge in [-0.05, 0) is 31.0 Å². The largest absolute Gasteiger partial charge is 0.340 e. The monoisotopic (exact) mass is 312 g/mol. The molecule has 0 unspecified atom stereocenters. The van der Waals surface area contributed by atoms with Crippen molar-refractivity contribution in [2.24, 2.45) is 5.73 Å². The van der Waals surface area contributed by atoms with Crippen LogP contribution < -0.4 is 16.4 Å². The van der Waals surface area contributed by atoms with Crippen LogP contribution in [0.4, 0.5) is 10.5 Å². The smallest absolute Gasteiger partial charge is 0.319 e. The number of nitrogens with one attached hydrogen (secondary N) is 2. The lowest BCUT2D eigenvalue weighted by Crippen LogP contribution is -2.41. The molecule has 1 aromatic carbocycles. The molecular weight excluding hydrogens is 292 g/mol. The fourth-order valence-corrected chi connectivity index (χ4v) is 2.18. The molecule has 1 fully saturated rings. The Hall–Kier alpha value is -1.79. The number of amides is 3. The molecule has 2 rings (SSSR count). The lowest BCUT2D eigenvalue weighted by atomic mass is 10.2. The number of likely N-dealkylation sites (tertiary alicyclic amines) is 1. The van der Waals surface area contributed by atoms with E-state index < -0.39 is 0 Å². The molecule has 1 aliphatic rings. The Morgan fingerprint density at radius 2 is 2.19 bits per heavy atom. The number of hydrogen-bond acceptors (Lipinski definition) is 3. The van der Waals surface area contributed by atoms with Crippen LogP contribution >= 0.6 is 12.4 Å². The van der Waals surface area contributed by atoms with Crippen LogP contribution in [-0.4, -0.2) is 42.5 Å². The summed E-state index contributed by atoms with van der Waals surface area (Å²) in [6.07, 6.45) is 0.821. The molecule has 0 radical (unpaired) electrons. The minimum atomic E-state index is -0.382. The molecule has 0 bridgehead atoms. The van der Waals surface area contributed by atoms with Gasteiger partial charge in [-0.3, -0.25) is 4.79 Å². The molecule has 0 spiro atoms. The summed E-state index contributed by atoms with van der Waals surface area (Å²) < 4.78 is 0. The summed E-state index contributed by atoms with van der Waals surface area (Å²) in [5.74, 6) is -0.0997. The number of nitrogens with zero attached hydrogens (tertiary/aromatic N) is 1. The zero-order chi connectivity index (χ0) is 14.5. The number of aryl methyl sites for hydroxylation is 1. The number of carbonyl (C=O) groups is 2. The Labute approximate surface area is 130 Å². The first-order chi connectivity index (χ1) is 9.54. The van der Waals surface area contributed by atoms with E-state index in [0.717, 1.165) is 12.0 Å². The third-order valence-electron chi connectivity index (χ3n) is 3.25. The first-order valence-corrected chi connectivity index (χ1v) is 6.69. The maximum Gasteiger partial charge on any atom is 0.319 e. The second-order valence-electron chi connectivity index (χ2n) is 5.07. The van der Waals surface area contributed by atoms with Crippen molar-refractivity contribution in [1.29, 1.82) is 0 Å². The van der Waals surface area contributed by atoms with E-state index in [1.807, 2.05) is 25.1 Å². The normalized spacial score (nSPS) is 17.0. The minimum absolute atomic E-state index is 0. The highest BCUT2D eigenvalue weighted by atomic mass is 35.5. The molecule has 1 heterocycles. The first-order valence-electron chi connectivity index (χ1n) is 6.69. The van der Waals surface area contributed by atoms with E-state index in [4.69, 9.17) is 5.73 Å². The van der Waals surface area contributed by atoms with Gasteiger partial charge in [0.15, 0.2) is 0 Å². The van der Waals surface area contributed by atoms with E-state index in [-0.39, 0.29) is 36.9 Å². The lowest BCUT2D eigenvalue weighted by Gasteiger charge is -2.16. The summed E-state index contributed by atoms with van der Waals surface area (Å²) in [7, 11) is 0. The Morgan fingerprint density at radius 1 is 1.43 bits per heavy atom. The quantitative estimate of drug-likeness (QED) is 0.781. The SMILES string of the molecule is Cc1cccc(NC(=O)NCC(=O)N2CC[C@@H](N)C2)c1.Cl. The predicted molar refractivity (Wildman–Crippen MR) is 84.6 cm³/mol. The second kappa shape index (κ2) is 7.85. The van der Waals surface area contributed by atoms with Crippen LogP contribution in [0.1, 0.15) is 12.0 Å². The Balaban J connectivity index is 0.00000220. The highest BCUT2D eigenvalue weighted by Gasteiger charge is 2.23. The van der Waals surface area contributed by atoms with Gasteiger partial charge in [-0.15, -0.1) is 12.4 Å². The lowest BCUT2D eigenvalue weighted by molar-refractivity contribution is -0.129. The number of urea groups is 1. The number of rotatable bonds is 3. The maximum absolute atomic E-state index is 11.8. The van der Waals surface area contributed by atoms with Gasteiger partial charge in [-0.1, -0.05) is 12.1 Å². The highest BCUT2D eigenvalue weighted by molar-refractivity contribution is 5.92. The summed E-state index contributed by atoms with van der Waals surface area (Å²) >= 11 is 0. The summed E-state index contributed by atoms with van der Waals surface area (Å²) in [6.45, 7) is 3.18. The van der Waals surface area contributed by atoms with Gasteiger partial charge in [-0.25, -0.2) is 4.79 Å². The van der Waals surface area contributed by atoms with Gasteiger partial charge in [0.25, 0.3) is 0 Å². The summed E-state index contributed by atoms with van der Waals surface area (Å²) in [5, 5.41) is 5.25. The number of hydrogen-bond donors (Lipinski definition) is 3. The van der Waals surface area contributed by atoms with Gasteiger partial charge in [0, 0.05) is 24.8 Å². The molecule has 0 aromatic heterocycles. The Bertz CT molecular complexity index is 510. The minimum Gasteiger partial charge on any atom is -0.340 e. The average molecular weight is 313 g/mol. The van der Waals surface area contributed by atoms with Gasteiger partial charge in [0.2, 0.25) is 5.91 Å². The third-order valence-corrected chi connectivity index (χ3v) is 3.25. The zero-order valence-corrected chi connectivity index (χ0v) is 12.8. The fraction of sp³-hybridized carbons (Fsp3) is 0.429. The zero-order valence-electron chi connectivity index (χ0n) is 12.0. The highest BCUT2D eigenvalue weighted by Crippen LogP contribution is 2.09. The van der Waals surface area contributed by atoms with E-state index in [1.54, 1.807) is 11.0 Å². The molecule has 1 aliphatic heterocycles. The standard InChI is InChI=1S/C14H20N4O2.ClH/c1-10-3-2-4-12(7-10)17-14(20)16-8-13(19)18-6-5-11(15)9-18;/h2-4,7,11H,5-6,8-9,15H2,1H3,(H2,16,17,20);1H/t11-;/m1./s1. The van der Waals surface area contributed by atoms with Crippen LogP contribution in [-0.2, 0) is 4.79 Å². The van der Waals surface area contributed by atoms with Crippen LogP contribution in [0.3, 0.4) is 0 Å². The first kappa shape index (κ1) is 17.3. The molecule has 0 aliphatic carbocycles. The van der Waals surface area contributed by atoms with Crippen molar-refractivity contribution in [1.82, 2.24) is 10.2 Å². The number of carbonyl (C=O) groups excluding carboxylic acids is 2. The molecule has 6 nitrogen and oxygen atoms in total. The van der Waals surface area contributed by atoms with Crippen LogP contribution in [0.5, 0.6) is 0 Å². The molecule has 1 saturated heterocycles. The molecule has 116 valence electrons. The van der Waals surface area contributed by atoms with Gasteiger partial charge in [0.05, 0.1) is 6.54 Å². The van der Waals surface area contributed by atoms with Gasteiger partial charge in [-0.2, -0.15) is 0 Å². The molecule has 3 amide bonds. The molecule has 1 atom stereocenters. The van der Waals surface area contributed by atoms with Crippen molar-refractivity contribution < 1.29 is 9.59 Å². The average Bonchev–Trinajstić information content (AvgIpc) is 2.83. The van der Waals surface area contributed by atoms with Crippen LogP contribution in [0.25, 0.3) is 0 Å². The van der Waals surface area contributed by atoms with Gasteiger partial charge >= 0.3 is 6.03 Å². The van der Waals surface area contributed by atoms with E-state index in [0.29, 0.717) is 18.8 Å². The van der Waals surface area contributed by atoms with Crippen molar-refractivity contribution in [2.45, 2.75) is 19.4 Å². The van der Waals surface area contributed by atoms with E-state index in [1.165, 1.54) is 0 Å². The van der Waals surface area contributed by atoms with E-state index >= 15 is 0 Å².